The minimum Gasteiger partial charge on any atom is -0.184 e. The van der Waals surface area contributed by atoms with Crippen LogP contribution >= 0.6 is 45.7 Å². The van der Waals surface area contributed by atoms with Crippen molar-refractivity contribution < 1.29 is 28.8 Å². The third-order valence-corrected chi connectivity index (χ3v) is 6.04. The van der Waals surface area contributed by atoms with E-state index < -0.39 is 0 Å². The van der Waals surface area contributed by atoms with Crippen LogP contribution in [-0.4, -0.2) is 24.7 Å². The molecule has 0 aliphatic rings. The van der Waals surface area contributed by atoms with Crippen LogP contribution in [0.1, 0.15) is 11.1 Å². The Morgan fingerprint density at radius 1 is 0.929 bits per heavy atom. The normalized spacial score (nSPS) is 10.4. The molecule has 3 rings (SSSR count). The molecule has 5 nitrogen and oxygen atoms in total. The second-order valence-corrected chi connectivity index (χ2v) is 11.1. The second-order valence-electron chi connectivity index (χ2n) is 5.91. The number of hydrogen-bond acceptors (Lipinski definition) is 3. The molecule has 3 aromatic rings. The van der Waals surface area contributed by atoms with Gasteiger partial charge in [-0.3, -0.25) is 0 Å². The maximum atomic E-state index is 5.31. The van der Waals surface area contributed by atoms with Gasteiger partial charge in [-0.1, -0.05) is 30.3 Å². The molecule has 0 unspecified atom stereocenters. The van der Waals surface area contributed by atoms with Crippen molar-refractivity contribution in [2.24, 2.45) is 7.05 Å². The summed E-state index contributed by atoms with van der Waals surface area (Å²) >= 11 is 6.84. The number of hydrogen-bond donors (Lipinski definition) is 0. The van der Waals surface area contributed by atoms with Gasteiger partial charge in [0.05, 0.1) is 0 Å². The van der Waals surface area contributed by atoms with Gasteiger partial charge in [0.15, 0.2) is 0 Å². The molecule has 0 atom stereocenters. The van der Waals surface area contributed by atoms with Gasteiger partial charge in [0.2, 0.25) is 0 Å². The number of rotatable bonds is 6. The fraction of sp³-hybridized carbons (Fsp3) is 0.250. The van der Waals surface area contributed by atoms with Crippen molar-refractivity contribution >= 4 is 45.7 Å². The van der Waals surface area contributed by atoms with Crippen LogP contribution in [-0.2, 0) is 39.5 Å². The van der Waals surface area contributed by atoms with Gasteiger partial charge in [-0.25, -0.2) is 0 Å². The van der Waals surface area contributed by atoms with Gasteiger partial charge >= 0.3 is 117 Å². The van der Waals surface area contributed by atoms with Crippen molar-refractivity contribution in [2.75, 3.05) is 14.2 Å². The van der Waals surface area contributed by atoms with Crippen LogP contribution in [0.2, 0.25) is 0 Å². The zero-order chi connectivity index (χ0) is 20.5. The zero-order valence-corrected chi connectivity index (χ0v) is 22.5. The number of imidazole rings is 1. The van der Waals surface area contributed by atoms with Crippen LogP contribution in [0.15, 0.2) is 60.9 Å². The van der Waals surface area contributed by atoms with Gasteiger partial charge in [0, 0.05) is 52.3 Å². The smallest absolute Gasteiger partial charge is 0.0435 e. The average molecular weight is 786 g/mol. The first-order valence-electron chi connectivity index (χ1n) is 8.45. The molecule has 0 bridgehead atoms. The van der Waals surface area contributed by atoms with Crippen LogP contribution in [0.5, 0.6) is 11.5 Å². The number of aryl methyl sites for hydroxylation is 1. The molecule has 0 saturated carbocycles. The van der Waals surface area contributed by atoms with E-state index in [2.05, 4.69) is 112 Å². The molecule has 0 aliphatic heterocycles. The van der Waals surface area contributed by atoms with Gasteiger partial charge in [0.25, 0.3) is 0 Å². The Hall–Kier alpha value is -0.642. The summed E-state index contributed by atoms with van der Waals surface area (Å²) in [5.74, 6) is 1.52. The summed E-state index contributed by atoms with van der Waals surface area (Å²) in [6.45, 7) is 1.82. The predicted octanol–water partition coefficient (Wildman–Crippen LogP) is 5.16. The molecule has 0 radical (unpaired) electrons. The Morgan fingerprint density at radius 2 is 1.61 bits per heavy atom. The number of aromatic nitrogens is 2. The Balaban J connectivity index is 0.000000237. The molecule has 1 heterocycles. The summed E-state index contributed by atoms with van der Waals surface area (Å²) in [7, 11) is 5.33. The molecule has 0 fully saturated rings. The first-order chi connectivity index (χ1) is 13.4. The molecule has 0 spiro atoms. The molecule has 2 aromatic carbocycles. The van der Waals surface area contributed by atoms with Gasteiger partial charge in [-0.15, -0.1) is 0 Å². The molecule has 0 saturated heterocycles. The predicted molar refractivity (Wildman–Crippen MR) is 125 cm³/mol. The van der Waals surface area contributed by atoms with Crippen molar-refractivity contribution in [1.82, 2.24) is 10.5 Å². The molecule has 28 heavy (non-hydrogen) atoms. The average Bonchev–Trinajstić information content (AvgIpc) is 3.01. The molecular weight excluding hydrogens is 763 g/mol. The first kappa shape index (κ1) is 23.6. The van der Waals surface area contributed by atoms with Crippen molar-refractivity contribution in [1.29, 1.82) is 0 Å². The monoisotopic (exact) mass is 786 g/mol. The van der Waals surface area contributed by atoms with E-state index in [9.17, 15) is 0 Å². The molecular formula is C20H23I2N3O2Pt. The van der Waals surface area contributed by atoms with Gasteiger partial charge in [0.1, 0.15) is 0 Å². The van der Waals surface area contributed by atoms with Gasteiger partial charge < -0.3 is 0 Å². The van der Waals surface area contributed by atoms with E-state index in [0.29, 0.717) is 0 Å². The Bertz CT molecular complexity index is 927. The number of ether oxygens (including phenoxy) is 2. The Morgan fingerprint density at radius 3 is 2.14 bits per heavy atom. The number of benzene rings is 2. The van der Waals surface area contributed by atoms with Gasteiger partial charge in [-0.2, -0.15) is 1.33 Å². The van der Waals surface area contributed by atoms with Crippen LogP contribution in [0.4, 0.5) is 0 Å². The summed E-state index contributed by atoms with van der Waals surface area (Å²) in [5.41, 5.74) is 2.54. The number of nitrogens with zero attached hydrogens (tertiary/aromatic N) is 3. The summed E-state index contributed by atoms with van der Waals surface area (Å²) < 4.78 is 18.1. The summed E-state index contributed by atoms with van der Waals surface area (Å²) in [4.78, 5) is 0. The topological polar surface area (TPSA) is 31.6 Å². The Kier molecular flexibility index (Phi) is 10.3. The summed E-state index contributed by atoms with van der Waals surface area (Å²) in [6, 6.07) is 16.4. The SMILES string of the molecule is COc1ccc(Cn2ccn(C)[c]2=[Pt])cc1OC.IN(I)Cc1ccccc1. The number of halogens is 2. The summed E-state index contributed by atoms with van der Waals surface area (Å²) in [5, 5.41) is 0. The van der Waals surface area contributed by atoms with Crippen LogP contribution in [0, 0.1) is 3.80 Å². The molecule has 1 aromatic heterocycles. The van der Waals surface area contributed by atoms with Crippen LogP contribution in [0.3, 0.4) is 0 Å². The fourth-order valence-corrected chi connectivity index (χ4v) is 3.81. The fourth-order valence-electron chi connectivity index (χ4n) is 2.51. The summed E-state index contributed by atoms with van der Waals surface area (Å²) in [6.07, 6.45) is 4.11. The standard InChI is InChI=1S/C13H16N2O2.C7H7I2N.Pt/c1-14-6-7-15(10-14)9-11-4-5-12(16-2)13(8-11)17-3;8-10(9)6-7-4-2-1-3-5-7;/h4-8H,9H2,1-3H3;1-5H,6H2;. The zero-order valence-electron chi connectivity index (χ0n) is 15.9. The van der Waals surface area contributed by atoms with E-state index in [-0.39, 0.29) is 0 Å². The van der Waals surface area contributed by atoms with Crippen molar-refractivity contribution in [3.8, 4) is 11.5 Å². The van der Waals surface area contributed by atoms with E-state index >= 15 is 0 Å². The molecule has 8 heteroatoms. The maximum Gasteiger partial charge on any atom is 0.0435 e. The van der Waals surface area contributed by atoms with Crippen molar-refractivity contribution in [3.63, 3.8) is 0 Å². The minimum absolute atomic E-state index is 0.758. The quantitative estimate of drug-likeness (QED) is 0.256. The maximum absolute atomic E-state index is 5.31. The molecule has 0 amide bonds. The van der Waals surface area contributed by atoms with Gasteiger partial charge in [-0.05, 0) is 5.56 Å². The third kappa shape index (κ3) is 7.31. The van der Waals surface area contributed by atoms with E-state index in [1.165, 1.54) is 14.9 Å². The Labute approximate surface area is 205 Å². The molecule has 0 aliphatic carbocycles. The van der Waals surface area contributed by atoms with E-state index in [0.717, 1.165) is 24.6 Å². The van der Waals surface area contributed by atoms with Crippen molar-refractivity contribution in [3.05, 3.63) is 75.9 Å². The largest absolute Gasteiger partial charge is 0.184 e. The first-order valence-corrected chi connectivity index (χ1v) is 11.5. The van der Waals surface area contributed by atoms with Crippen LogP contribution in [0.25, 0.3) is 0 Å². The molecule has 0 N–H and O–H groups in total. The van der Waals surface area contributed by atoms with E-state index in [4.69, 9.17) is 9.47 Å². The molecule has 154 valence electrons. The third-order valence-electron chi connectivity index (χ3n) is 3.90. The van der Waals surface area contributed by atoms with Crippen LogP contribution < -0.4 is 9.47 Å². The second kappa shape index (κ2) is 12.1. The number of methoxy groups -OCH3 is 2. The minimum atomic E-state index is 0.758. The van der Waals surface area contributed by atoms with Crippen molar-refractivity contribution in [2.45, 2.75) is 13.1 Å². The van der Waals surface area contributed by atoms with E-state index in [1.54, 1.807) is 14.2 Å². The van der Waals surface area contributed by atoms with E-state index in [1.807, 2.05) is 31.4 Å².